The Hall–Kier alpha value is -3.42. The van der Waals surface area contributed by atoms with E-state index in [0.717, 1.165) is 45.2 Å². The van der Waals surface area contributed by atoms with Gasteiger partial charge in [-0.1, -0.05) is 6.07 Å². The number of benzene rings is 2. The number of nitro groups is 1. The van der Waals surface area contributed by atoms with Crippen molar-refractivity contribution in [2.45, 2.75) is 32.1 Å². The number of esters is 1. The maximum atomic E-state index is 12.3. The number of ether oxygens (including phenoxy) is 1. The average Bonchev–Trinajstić information content (AvgIpc) is 3.43. The standard InChI is InChI=1S/C22H23N3O5/c26-21(23-18-8-6-15-4-3-5-16(15)12-18)14-30-22(27)17-7-9-19(20(13-17)25(28)29)24-10-1-2-11-24/h6-9,12-13H,1-5,10-11,14H2,(H,23,26). The summed E-state index contributed by atoms with van der Waals surface area (Å²) in [6.07, 6.45) is 5.15. The molecule has 30 heavy (non-hydrogen) atoms. The van der Waals surface area contributed by atoms with Gasteiger partial charge in [0.25, 0.3) is 11.6 Å². The molecule has 1 saturated heterocycles. The number of rotatable bonds is 6. The fourth-order valence-corrected chi connectivity index (χ4v) is 4.08. The summed E-state index contributed by atoms with van der Waals surface area (Å²) >= 11 is 0. The highest BCUT2D eigenvalue weighted by molar-refractivity contribution is 5.96. The van der Waals surface area contributed by atoms with E-state index in [0.29, 0.717) is 11.4 Å². The van der Waals surface area contributed by atoms with Crippen LogP contribution in [0.25, 0.3) is 0 Å². The summed E-state index contributed by atoms with van der Waals surface area (Å²) in [5.74, 6) is -1.22. The number of amides is 1. The van der Waals surface area contributed by atoms with Crippen molar-refractivity contribution in [2.24, 2.45) is 0 Å². The Morgan fingerprint density at radius 1 is 1.03 bits per heavy atom. The first-order chi connectivity index (χ1) is 14.5. The van der Waals surface area contributed by atoms with E-state index in [2.05, 4.69) is 5.32 Å². The van der Waals surface area contributed by atoms with Crippen molar-refractivity contribution in [1.82, 2.24) is 0 Å². The van der Waals surface area contributed by atoms with Gasteiger partial charge in [0.15, 0.2) is 6.61 Å². The van der Waals surface area contributed by atoms with Gasteiger partial charge in [-0.3, -0.25) is 14.9 Å². The zero-order chi connectivity index (χ0) is 21.1. The van der Waals surface area contributed by atoms with Crippen LogP contribution in [0.3, 0.4) is 0 Å². The zero-order valence-electron chi connectivity index (χ0n) is 16.6. The molecule has 1 heterocycles. The minimum absolute atomic E-state index is 0.0509. The molecule has 2 aromatic rings. The summed E-state index contributed by atoms with van der Waals surface area (Å²) in [5.41, 5.74) is 3.63. The second kappa shape index (κ2) is 8.52. The largest absolute Gasteiger partial charge is 0.452 e. The van der Waals surface area contributed by atoms with Crippen LogP contribution >= 0.6 is 0 Å². The van der Waals surface area contributed by atoms with E-state index in [1.54, 1.807) is 6.07 Å². The fourth-order valence-electron chi connectivity index (χ4n) is 4.08. The van der Waals surface area contributed by atoms with E-state index in [1.807, 2.05) is 23.1 Å². The van der Waals surface area contributed by atoms with Gasteiger partial charge >= 0.3 is 5.97 Å². The molecule has 0 radical (unpaired) electrons. The molecule has 8 nitrogen and oxygen atoms in total. The van der Waals surface area contributed by atoms with E-state index in [4.69, 9.17) is 4.74 Å². The molecule has 0 saturated carbocycles. The van der Waals surface area contributed by atoms with E-state index < -0.39 is 23.4 Å². The Labute approximate surface area is 174 Å². The minimum Gasteiger partial charge on any atom is -0.452 e. The molecule has 2 aromatic carbocycles. The van der Waals surface area contributed by atoms with E-state index in [9.17, 15) is 19.7 Å². The van der Waals surface area contributed by atoms with Crippen LogP contribution in [0.1, 0.15) is 40.7 Å². The average molecular weight is 409 g/mol. The van der Waals surface area contributed by atoms with Crippen LogP contribution in [0, 0.1) is 10.1 Å². The Kier molecular flexibility index (Phi) is 5.65. The molecule has 0 bridgehead atoms. The quantitative estimate of drug-likeness (QED) is 0.445. The molecule has 0 unspecified atom stereocenters. The van der Waals surface area contributed by atoms with E-state index >= 15 is 0 Å². The predicted octanol–water partition coefficient (Wildman–Crippen LogP) is 3.48. The van der Waals surface area contributed by atoms with Gasteiger partial charge in [-0.05, 0) is 67.5 Å². The molecule has 2 aliphatic rings. The molecule has 1 N–H and O–H groups in total. The van der Waals surface area contributed by atoms with Crippen molar-refractivity contribution >= 4 is 28.9 Å². The molecule has 0 aromatic heterocycles. The van der Waals surface area contributed by atoms with Gasteiger partial charge in [0.2, 0.25) is 0 Å². The molecular formula is C22H23N3O5. The van der Waals surface area contributed by atoms with Crippen molar-refractivity contribution in [3.8, 4) is 0 Å². The molecule has 1 fully saturated rings. The molecule has 8 heteroatoms. The number of anilines is 2. The number of aryl methyl sites for hydroxylation is 2. The molecule has 0 atom stereocenters. The van der Waals surface area contributed by atoms with Crippen LogP contribution in [0.15, 0.2) is 36.4 Å². The Bertz CT molecular complexity index is 998. The van der Waals surface area contributed by atoms with Crippen LogP contribution < -0.4 is 10.2 Å². The topological polar surface area (TPSA) is 102 Å². The summed E-state index contributed by atoms with van der Waals surface area (Å²) in [4.78, 5) is 37.4. The number of hydrogen-bond donors (Lipinski definition) is 1. The van der Waals surface area contributed by atoms with Gasteiger partial charge in [0.05, 0.1) is 10.5 Å². The molecular weight excluding hydrogens is 386 g/mol. The highest BCUT2D eigenvalue weighted by atomic mass is 16.6. The van der Waals surface area contributed by atoms with Crippen LogP contribution in [-0.4, -0.2) is 36.5 Å². The zero-order valence-corrected chi connectivity index (χ0v) is 16.6. The Morgan fingerprint density at radius 3 is 2.57 bits per heavy atom. The number of fused-ring (bicyclic) bond motifs is 1. The van der Waals surface area contributed by atoms with Crippen LogP contribution in [-0.2, 0) is 22.4 Å². The summed E-state index contributed by atoms with van der Waals surface area (Å²) in [6, 6.07) is 10.1. The van der Waals surface area contributed by atoms with Gasteiger partial charge in [-0.25, -0.2) is 4.79 Å². The van der Waals surface area contributed by atoms with E-state index in [1.165, 1.54) is 23.3 Å². The molecule has 1 amide bonds. The predicted molar refractivity (Wildman–Crippen MR) is 112 cm³/mol. The first kappa shape index (κ1) is 19.9. The SMILES string of the molecule is O=C(COC(=O)c1ccc(N2CCCC2)c([N+](=O)[O-])c1)Nc1ccc2c(c1)CCC2. The number of nitrogens with zero attached hydrogens (tertiary/aromatic N) is 2. The molecule has 4 rings (SSSR count). The van der Waals surface area contributed by atoms with Crippen molar-refractivity contribution < 1.29 is 19.2 Å². The van der Waals surface area contributed by atoms with Gasteiger partial charge in [-0.15, -0.1) is 0 Å². The minimum atomic E-state index is -0.768. The lowest BCUT2D eigenvalue weighted by Crippen LogP contribution is -2.21. The molecule has 0 spiro atoms. The highest BCUT2D eigenvalue weighted by Gasteiger charge is 2.24. The molecule has 1 aliphatic heterocycles. The van der Waals surface area contributed by atoms with Crippen LogP contribution in [0.4, 0.5) is 17.1 Å². The first-order valence-electron chi connectivity index (χ1n) is 10.1. The van der Waals surface area contributed by atoms with Gasteiger partial charge in [0, 0.05) is 24.8 Å². The monoisotopic (exact) mass is 409 g/mol. The third-order valence-electron chi connectivity index (χ3n) is 5.57. The van der Waals surface area contributed by atoms with Gasteiger partial charge in [0.1, 0.15) is 5.69 Å². The lowest BCUT2D eigenvalue weighted by Gasteiger charge is -2.17. The maximum Gasteiger partial charge on any atom is 0.338 e. The van der Waals surface area contributed by atoms with Crippen LogP contribution in [0.2, 0.25) is 0 Å². The maximum absolute atomic E-state index is 12.3. The van der Waals surface area contributed by atoms with Crippen molar-refractivity contribution in [3.05, 3.63) is 63.2 Å². The first-order valence-corrected chi connectivity index (χ1v) is 10.1. The third-order valence-corrected chi connectivity index (χ3v) is 5.57. The van der Waals surface area contributed by atoms with Crippen molar-refractivity contribution in [3.63, 3.8) is 0 Å². The number of nitrogens with one attached hydrogen (secondary N) is 1. The van der Waals surface area contributed by atoms with Gasteiger partial charge in [-0.2, -0.15) is 0 Å². The van der Waals surface area contributed by atoms with Crippen LogP contribution in [0.5, 0.6) is 0 Å². The van der Waals surface area contributed by atoms with Crippen molar-refractivity contribution in [2.75, 3.05) is 29.9 Å². The second-order valence-electron chi connectivity index (χ2n) is 7.62. The normalized spacial score (nSPS) is 15.0. The molecule has 1 aliphatic carbocycles. The summed E-state index contributed by atoms with van der Waals surface area (Å²) in [6.45, 7) is 1.05. The number of nitro benzene ring substituents is 1. The second-order valence-corrected chi connectivity index (χ2v) is 7.62. The third kappa shape index (κ3) is 4.27. The Balaban J connectivity index is 1.38. The summed E-state index contributed by atoms with van der Waals surface area (Å²) in [7, 11) is 0. The van der Waals surface area contributed by atoms with E-state index in [-0.39, 0.29) is 11.3 Å². The van der Waals surface area contributed by atoms with Gasteiger partial charge < -0.3 is 15.0 Å². The lowest BCUT2D eigenvalue weighted by molar-refractivity contribution is -0.384. The number of carbonyl (C=O) groups excluding carboxylic acids is 2. The number of hydrogen-bond acceptors (Lipinski definition) is 6. The van der Waals surface area contributed by atoms with Crippen molar-refractivity contribution in [1.29, 1.82) is 0 Å². The molecule has 156 valence electrons. The lowest BCUT2D eigenvalue weighted by atomic mass is 10.1. The fraction of sp³-hybridized carbons (Fsp3) is 0.364. The summed E-state index contributed by atoms with van der Waals surface area (Å²) in [5, 5.41) is 14.2. The number of carbonyl (C=O) groups is 2. The summed E-state index contributed by atoms with van der Waals surface area (Å²) < 4.78 is 5.07. The smallest absolute Gasteiger partial charge is 0.338 e. The Morgan fingerprint density at radius 2 is 1.80 bits per heavy atom. The highest BCUT2D eigenvalue weighted by Crippen LogP contribution is 2.32.